The number of nitro benzene ring substituents is 1. The fourth-order valence-corrected chi connectivity index (χ4v) is 3.33. The number of benzene rings is 2. The summed E-state index contributed by atoms with van der Waals surface area (Å²) in [5, 5.41) is 13.6. The van der Waals surface area contributed by atoms with Crippen LogP contribution in [0.2, 0.25) is 0 Å². The molecule has 0 aliphatic carbocycles. The molecule has 0 aromatic heterocycles. The molecule has 1 fully saturated rings. The number of carbonyl (C=O) groups is 3. The van der Waals surface area contributed by atoms with Crippen molar-refractivity contribution in [3.05, 3.63) is 81.9 Å². The largest absolute Gasteiger partial charge is 0.465 e. The van der Waals surface area contributed by atoms with Crippen molar-refractivity contribution in [1.82, 2.24) is 10.2 Å². The van der Waals surface area contributed by atoms with Gasteiger partial charge in [0.1, 0.15) is 6.04 Å². The van der Waals surface area contributed by atoms with Gasteiger partial charge in [0.05, 0.1) is 18.0 Å². The van der Waals surface area contributed by atoms with Gasteiger partial charge in [0.15, 0.2) is 0 Å². The summed E-state index contributed by atoms with van der Waals surface area (Å²) < 4.78 is 5.25. The van der Waals surface area contributed by atoms with Crippen LogP contribution < -0.4 is 5.32 Å². The Labute approximate surface area is 184 Å². The van der Waals surface area contributed by atoms with E-state index in [-0.39, 0.29) is 31.8 Å². The first-order chi connectivity index (χ1) is 15.4. The predicted octanol–water partition coefficient (Wildman–Crippen LogP) is 2.11. The second-order valence-corrected chi connectivity index (χ2v) is 7.18. The molecule has 2 aromatic rings. The van der Waals surface area contributed by atoms with E-state index in [0.717, 1.165) is 5.56 Å². The van der Waals surface area contributed by atoms with Crippen LogP contribution in [0.3, 0.4) is 0 Å². The molecule has 0 radical (unpaired) electrons. The number of non-ortho nitro benzene ring substituents is 1. The molecule has 2 aromatic carbocycles. The summed E-state index contributed by atoms with van der Waals surface area (Å²) in [5.74, 6) is -1.45. The van der Waals surface area contributed by atoms with E-state index in [1.807, 2.05) is 30.3 Å². The van der Waals surface area contributed by atoms with Gasteiger partial charge in [-0.25, -0.2) is 0 Å². The molecule has 1 aliphatic heterocycles. The lowest BCUT2D eigenvalue weighted by atomic mass is 10.1. The molecule has 3 rings (SSSR count). The number of hydrogen-bond acceptors (Lipinski definition) is 6. The van der Waals surface area contributed by atoms with Crippen molar-refractivity contribution in [3.8, 4) is 0 Å². The quantitative estimate of drug-likeness (QED) is 0.292. The molecule has 1 unspecified atom stereocenters. The summed E-state index contributed by atoms with van der Waals surface area (Å²) in [6.45, 7) is 0.693. The number of esters is 1. The number of rotatable bonds is 8. The van der Waals surface area contributed by atoms with Crippen LogP contribution in [0.1, 0.15) is 17.5 Å². The molecule has 32 heavy (non-hydrogen) atoms. The molecule has 1 heterocycles. The number of amides is 2. The highest BCUT2D eigenvalue weighted by Gasteiger charge is 2.34. The van der Waals surface area contributed by atoms with Crippen molar-refractivity contribution in [2.75, 3.05) is 19.7 Å². The smallest absolute Gasteiger partial charge is 0.308 e. The molecule has 9 heteroatoms. The van der Waals surface area contributed by atoms with Gasteiger partial charge in [-0.2, -0.15) is 0 Å². The molecule has 1 N–H and O–H groups in total. The third kappa shape index (κ3) is 6.24. The number of carbonyl (C=O) groups excluding carboxylic acids is 3. The Morgan fingerprint density at radius 2 is 1.97 bits per heavy atom. The molecule has 0 spiro atoms. The third-order valence-electron chi connectivity index (χ3n) is 4.97. The minimum absolute atomic E-state index is 0.0897. The average Bonchev–Trinajstić information content (AvgIpc) is 2.79. The summed E-state index contributed by atoms with van der Waals surface area (Å²) in [7, 11) is 0. The molecule has 1 atom stereocenters. The summed E-state index contributed by atoms with van der Waals surface area (Å²) in [5.41, 5.74) is 1.41. The highest BCUT2D eigenvalue weighted by molar-refractivity contribution is 5.97. The van der Waals surface area contributed by atoms with Crippen molar-refractivity contribution < 1.29 is 24.0 Å². The van der Waals surface area contributed by atoms with Crippen LogP contribution in [0.25, 0.3) is 6.08 Å². The summed E-state index contributed by atoms with van der Waals surface area (Å²) in [4.78, 5) is 49.0. The number of piperazine rings is 1. The lowest BCUT2D eigenvalue weighted by Gasteiger charge is -2.33. The Morgan fingerprint density at radius 3 is 2.72 bits per heavy atom. The maximum atomic E-state index is 12.7. The van der Waals surface area contributed by atoms with Gasteiger partial charge >= 0.3 is 5.97 Å². The van der Waals surface area contributed by atoms with Crippen LogP contribution in [-0.2, 0) is 25.5 Å². The van der Waals surface area contributed by atoms with Crippen LogP contribution in [-0.4, -0.2) is 53.3 Å². The topological polar surface area (TPSA) is 119 Å². The van der Waals surface area contributed by atoms with Gasteiger partial charge in [-0.15, -0.1) is 0 Å². The number of ether oxygens (including phenoxy) is 1. The summed E-state index contributed by atoms with van der Waals surface area (Å²) >= 11 is 0. The highest BCUT2D eigenvalue weighted by Crippen LogP contribution is 2.16. The normalized spacial score (nSPS) is 15.9. The van der Waals surface area contributed by atoms with Gasteiger partial charge in [-0.1, -0.05) is 42.5 Å². The fourth-order valence-electron chi connectivity index (χ4n) is 3.33. The second-order valence-electron chi connectivity index (χ2n) is 7.18. The first kappa shape index (κ1) is 22.7. The van der Waals surface area contributed by atoms with Gasteiger partial charge in [0, 0.05) is 37.7 Å². The molecule has 2 amide bonds. The molecular formula is C23H23N3O6. The molecule has 1 aliphatic rings. The molecule has 1 saturated heterocycles. The lowest BCUT2D eigenvalue weighted by molar-refractivity contribution is -0.384. The number of hydrogen-bond donors (Lipinski definition) is 1. The zero-order valence-electron chi connectivity index (χ0n) is 17.3. The fraction of sp³-hybridized carbons (Fsp3) is 0.261. The maximum Gasteiger partial charge on any atom is 0.308 e. The van der Waals surface area contributed by atoms with E-state index < -0.39 is 28.7 Å². The van der Waals surface area contributed by atoms with Gasteiger partial charge in [-0.3, -0.25) is 24.5 Å². The molecule has 0 saturated carbocycles. The van der Waals surface area contributed by atoms with Crippen molar-refractivity contribution >= 4 is 29.5 Å². The number of nitrogens with zero attached hydrogens (tertiary/aromatic N) is 2. The molecule has 0 bridgehead atoms. The SMILES string of the molecule is O=C(CC1C(=O)NCCN1C(=O)/C=C/c1cccc([N+](=O)[O-])c1)OCCc1ccccc1. The molecule has 9 nitrogen and oxygen atoms in total. The Bertz CT molecular complexity index is 1020. The second kappa shape index (κ2) is 10.9. The Morgan fingerprint density at radius 1 is 1.19 bits per heavy atom. The molecular weight excluding hydrogens is 414 g/mol. The lowest BCUT2D eigenvalue weighted by Crippen LogP contribution is -2.57. The van der Waals surface area contributed by atoms with Gasteiger partial charge in [-0.05, 0) is 17.2 Å². The third-order valence-corrected chi connectivity index (χ3v) is 4.97. The van der Waals surface area contributed by atoms with E-state index in [1.54, 1.807) is 6.07 Å². The Hall–Kier alpha value is -4.01. The van der Waals surface area contributed by atoms with Crippen LogP contribution in [0.15, 0.2) is 60.7 Å². The standard InChI is InChI=1S/C23H23N3O6/c27-21(10-9-18-7-4-8-19(15-18)26(30)31)25-13-12-24-23(29)20(25)16-22(28)32-14-11-17-5-2-1-3-6-17/h1-10,15,20H,11-14,16H2,(H,24,29)/b10-9+. The Balaban J connectivity index is 1.59. The van der Waals surface area contributed by atoms with Crippen LogP contribution in [0, 0.1) is 10.1 Å². The van der Waals surface area contributed by atoms with E-state index >= 15 is 0 Å². The van der Waals surface area contributed by atoms with Gasteiger partial charge in [0.2, 0.25) is 11.8 Å². The minimum Gasteiger partial charge on any atom is -0.465 e. The number of nitro groups is 1. The van der Waals surface area contributed by atoms with E-state index in [0.29, 0.717) is 12.0 Å². The first-order valence-electron chi connectivity index (χ1n) is 10.1. The van der Waals surface area contributed by atoms with Crippen molar-refractivity contribution in [1.29, 1.82) is 0 Å². The predicted molar refractivity (Wildman–Crippen MR) is 116 cm³/mol. The summed E-state index contributed by atoms with van der Waals surface area (Å²) in [6.07, 6.45) is 2.98. The zero-order valence-corrected chi connectivity index (χ0v) is 17.3. The minimum atomic E-state index is -0.977. The Kier molecular flexibility index (Phi) is 7.69. The van der Waals surface area contributed by atoms with Crippen molar-refractivity contribution in [2.45, 2.75) is 18.9 Å². The zero-order chi connectivity index (χ0) is 22.9. The van der Waals surface area contributed by atoms with E-state index in [2.05, 4.69) is 5.32 Å². The number of nitrogens with one attached hydrogen (secondary N) is 1. The van der Waals surface area contributed by atoms with E-state index in [4.69, 9.17) is 4.74 Å². The van der Waals surface area contributed by atoms with E-state index in [9.17, 15) is 24.5 Å². The average molecular weight is 437 g/mol. The summed E-state index contributed by atoms with van der Waals surface area (Å²) in [6, 6.07) is 14.4. The van der Waals surface area contributed by atoms with E-state index in [1.165, 1.54) is 35.3 Å². The van der Waals surface area contributed by atoms with Gasteiger partial charge < -0.3 is 15.0 Å². The highest BCUT2D eigenvalue weighted by atomic mass is 16.6. The monoisotopic (exact) mass is 437 g/mol. The van der Waals surface area contributed by atoms with Gasteiger partial charge in [0.25, 0.3) is 5.69 Å². The molecule has 166 valence electrons. The first-order valence-corrected chi connectivity index (χ1v) is 10.1. The van der Waals surface area contributed by atoms with Crippen molar-refractivity contribution in [2.24, 2.45) is 0 Å². The van der Waals surface area contributed by atoms with Crippen LogP contribution in [0.5, 0.6) is 0 Å². The maximum absolute atomic E-state index is 12.7. The van der Waals surface area contributed by atoms with Crippen LogP contribution >= 0.6 is 0 Å². The van der Waals surface area contributed by atoms with Crippen LogP contribution in [0.4, 0.5) is 5.69 Å². The van der Waals surface area contributed by atoms with Crippen molar-refractivity contribution in [3.63, 3.8) is 0 Å².